The first kappa shape index (κ1) is 12.7. The molecular weight excluding hydrogens is 230 g/mol. The van der Waals surface area contributed by atoms with Crippen molar-refractivity contribution in [1.82, 2.24) is 9.80 Å². The van der Waals surface area contributed by atoms with E-state index in [4.69, 9.17) is 5.26 Å². The fourth-order valence-corrected chi connectivity index (χ4v) is 2.09. The van der Waals surface area contributed by atoms with Crippen LogP contribution in [0.4, 0.5) is 0 Å². The van der Waals surface area contributed by atoms with Gasteiger partial charge in [0.15, 0.2) is 0 Å². The van der Waals surface area contributed by atoms with Gasteiger partial charge in [-0.2, -0.15) is 10.3 Å². The molecule has 1 fully saturated rings. The van der Waals surface area contributed by atoms with Crippen LogP contribution in [0.3, 0.4) is 0 Å². The Morgan fingerprint density at radius 3 is 2.56 bits per heavy atom. The van der Waals surface area contributed by atoms with Crippen LogP contribution in [-0.4, -0.2) is 60.6 Å². The SMILES string of the molecule is CC1=NC(N2CCN(C)CC2)=NC(=O)C1CC#N. The zero-order valence-corrected chi connectivity index (χ0v) is 10.8. The van der Waals surface area contributed by atoms with E-state index < -0.39 is 5.92 Å². The minimum Gasteiger partial charge on any atom is -0.338 e. The van der Waals surface area contributed by atoms with Crippen molar-refractivity contribution in [3.63, 3.8) is 0 Å². The monoisotopic (exact) mass is 247 g/mol. The van der Waals surface area contributed by atoms with Crippen molar-refractivity contribution in [3.05, 3.63) is 0 Å². The van der Waals surface area contributed by atoms with Crippen LogP contribution in [0.5, 0.6) is 0 Å². The van der Waals surface area contributed by atoms with Crippen molar-refractivity contribution in [2.45, 2.75) is 13.3 Å². The first-order valence-electron chi connectivity index (χ1n) is 6.10. The van der Waals surface area contributed by atoms with Crippen molar-refractivity contribution >= 4 is 17.6 Å². The molecule has 0 aromatic heterocycles. The second kappa shape index (κ2) is 5.27. The molecule has 6 heteroatoms. The van der Waals surface area contributed by atoms with Crippen molar-refractivity contribution in [3.8, 4) is 6.07 Å². The van der Waals surface area contributed by atoms with E-state index in [2.05, 4.69) is 21.9 Å². The van der Waals surface area contributed by atoms with Crippen LogP contribution in [-0.2, 0) is 4.79 Å². The maximum Gasteiger partial charge on any atom is 0.258 e. The Morgan fingerprint density at radius 2 is 2.00 bits per heavy atom. The highest BCUT2D eigenvalue weighted by atomic mass is 16.1. The van der Waals surface area contributed by atoms with Gasteiger partial charge in [0.05, 0.1) is 18.4 Å². The van der Waals surface area contributed by atoms with Crippen LogP contribution in [0.25, 0.3) is 0 Å². The third-order valence-electron chi connectivity index (χ3n) is 3.37. The number of amides is 1. The van der Waals surface area contributed by atoms with E-state index in [1.54, 1.807) is 6.92 Å². The summed E-state index contributed by atoms with van der Waals surface area (Å²) in [5.41, 5.74) is 0.700. The smallest absolute Gasteiger partial charge is 0.258 e. The molecule has 1 amide bonds. The second-order valence-electron chi connectivity index (χ2n) is 4.71. The van der Waals surface area contributed by atoms with Crippen molar-refractivity contribution < 1.29 is 4.79 Å². The number of aliphatic imine (C=N–C) groups is 2. The lowest BCUT2D eigenvalue weighted by Crippen LogP contribution is -2.48. The zero-order chi connectivity index (χ0) is 13.1. The Kier molecular flexibility index (Phi) is 3.72. The third-order valence-corrected chi connectivity index (χ3v) is 3.37. The maximum atomic E-state index is 11.9. The van der Waals surface area contributed by atoms with Gasteiger partial charge >= 0.3 is 0 Å². The lowest BCUT2D eigenvalue weighted by Gasteiger charge is -2.34. The Labute approximate surface area is 107 Å². The molecular formula is C12H17N5O. The highest BCUT2D eigenvalue weighted by molar-refractivity contribution is 6.14. The second-order valence-corrected chi connectivity index (χ2v) is 4.71. The summed E-state index contributed by atoms with van der Waals surface area (Å²) < 4.78 is 0. The highest BCUT2D eigenvalue weighted by Crippen LogP contribution is 2.15. The van der Waals surface area contributed by atoms with Crippen LogP contribution in [0.1, 0.15) is 13.3 Å². The number of carbonyl (C=O) groups is 1. The summed E-state index contributed by atoms with van der Waals surface area (Å²) in [6.45, 7) is 5.36. The Bertz CT molecular complexity index is 440. The molecule has 0 saturated carbocycles. The van der Waals surface area contributed by atoms with E-state index in [1.807, 2.05) is 11.0 Å². The number of likely N-dealkylation sites (N-methyl/N-ethyl adjacent to an activating group) is 1. The molecule has 2 aliphatic heterocycles. The first-order chi connectivity index (χ1) is 8.61. The quantitative estimate of drug-likeness (QED) is 0.660. The van der Waals surface area contributed by atoms with Crippen molar-refractivity contribution in [1.29, 1.82) is 5.26 Å². The predicted molar refractivity (Wildman–Crippen MR) is 68.3 cm³/mol. The summed E-state index contributed by atoms with van der Waals surface area (Å²) in [5.74, 6) is -0.177. The van der Waals surface area contributed by atoms with Gasteiger partial charge < -0.3 is 9.80 Å². The number of hydrogen-bond acceptors (Lipinski definition) is 5. The van der Waals surface area contributed by atoms with E-state index in [-0.39, 0.29) is 12.3 Å². The van der Waals surface area contributed by atoms with E-state index in [0.717, 1.165) is 26.2 Å². The largest absolute Gasteiger partial charge is 0.338 e. The standard InChI is InChI=1S/C12H17N5O/c1-9-10(3-4-13)11(18)15-12(14-9)17-7-5-16(2)6-8-17/h10H,3,5-8H2,1-2H3. The van der Waals surface area contributed by atoms with Gasteiger partial charge in [-0.05, 0) is 14.0 Å². The molecule has 0 aliphatic carbocycles. The third kappa shape index (κ3) is 2.57. The first-order valence-corrected chi connectivity index (χ1v) is 6.10. The summed E-state index contributed by atoms with van der Waals surface area (Å²) in [5, 5.41) is 8.68. The maximum absolute atomic E-state index is 11.9. The van der Waals surface area contributed by atoms with Gasteiger partial charge in [-0.15, -0.1) is 0 Å². The number of hydrogen-bond donors (Lipinski definition) is 0. The molecule has 0 aromatic carbocycles. The molecule has 1 saturated heterocycles. The molecule has 0 aromatic rings. The normalized spacial score (nSPS) is 25.5. The van der Waals surface area contributed by atoms with Gasteiger partial charge in [-0.3, -0.25) is 4.79 Å². The zero-order valence-electron chi connectivity index (χ0n) is 10.8. The molecule has 2 rings (SSSR count). The predicted octanol–water partition coefficient (Wildman–Crippen LogP) is 0.121. The number of piperazine rings is 1. The van der Waals surface area contributed by atoms with Crippen molar-refractivity contribution in [2.75, 3.05) is 33.2 Å². The molecule has 1 atom stereocenters. The van der Waals surface area contributed by atoms with Gasteiger partial charge in [-0.25, -0.2) is 4.99 Å². The van der Waals surface area contributed by atoms with Crippen LogP contribution in [0.2, 0.25) is 0 Å². The summed E-state index contributed by atoms with van der Waals surface area (Å²) in [7, 11) is 2.07. The molecule has 0 N–H and O–H groups in total. The molecule has 96 valence electrons. The number of rotatable bonds is 1. The minimum absolute atomic E-state index is 0.160. The Hall–Kier alpha value is -1.74. The van der Waals surface area contributed by atoms with Gasteiger partial charge in [0.2, 0.25) is 5.96 Å². The molecule has 1 unspecified atom stereocenters. The number of nitrogens with zero attached hydrogens (tertiary/aromatic N) is 5. The topological polar surface area (TPSA) is 72.1 Å². The lowest BCUT2D eigenvalue weighted by atomic mass is 9.99. The number of nitriles is 1. The molecule has 18 heavy (non-hydrogen) atoms. The van der Waals surface area contributed by atoms with E-state index in [0.29, 0.717) is 11.7 Å². The fraction of sp³-hybridized carbons (Fsp3) is 0.667. The van der Waals surface area contributed by atoms with Crippen LogP contribution in [0.15, 0.2) is 9.98 Å². The molecule has 2 aliphatic rings. The van der Waals surface area contributed by atoms with Crippen LogP contribution < -0.4 is 0 Å². The molecule has 6 nitrogen and oxygen atoms in total. The summed E-state index contributed by atoms with van der Waals surface area (Å²) in [6, 6.07) is 2.01. The Balaban J connectivity index is 2.10. The minimum atomic E-state index is -0.453. The molecule has 0 spiro atoms. The molecule has 0 bridgehead atoms. The molecule has 2 heterocycles. The van der Waals surface area contributed by atoms with Gasteiger partial charge in [0.25, 0.3) is 5.91 Å². The summed E-state index contributed by atoms with van der Waals surface area (Å²) >= 11 is 0. The van der Waals surface area contributed by atoms with Crippen LogP contribution >= 0.6 is 0 Å². The average Bonchev–Trinajstić information content (AvgIpc) is 2.34. The van der Waals surface area contributed by atoms with Gasteiger partial charge in [0.1, 0.15) is 0 Å². The van der Waals surface area contributed by atoms with E-state index in [1.165, 1.54) is 0 Å². The summed E-state index contributed by atoms with van der Waals surface area (Å²) in [4.78, 5) is 24.5. The highest BCUT2D eigenvalue weighted by Gasteiger charge is 2.28. The lowest BCUT2D eigenvalue weighted by molar-refractivity contribution is -0.119. The average molecular weight is 247 g/mol. The van der Waals surface area contributed by atoms with Crippen LogP contribution in [0, 0.1) is 17.2 Å². The number of guanidine groups is 1. The van der Waals surface area contributed by atoms with Crippen molar-refractivity contribution in [2.24, 2.45) is 15.9 Å². The summed E-state index contributed by atoms with van der Waals surface area (Å²) in [6.07, 6.45) is 0.160. The van der Waals surface area contributed by atoms with E-state index >= 15 is 0 Å². The van der Waals surface area contributed by atoms with E-state index in [9.17, 15) is 4.79 Å². The molecule has 0 radical (unpaired) electrons. The Morgan fingerprint density at radius 1 is 1.33 bits per heavy atom. The van der Waals surface area contributed by atoms with Gasteiger partial charge in [-0.1, -0.05) is 0 Å². The fourth-order valence-electron chi connectivity index (χ4n) is 2.09. The van der Waals surface area contributed by atoms with Gasteiger partial charge in [0, 0.05) is 31.9 Å². The number of carbonyl (C=O) groups excluding carboxylic acids is 1.